The molecule has 0 rings (SSSR count). The smallest absolute Gasteiger partial charge is 0.249 e. The lowest BCUT2D eigenvalue weighted by Gasteiger charge is -2.27. The minimum absolute atomic E-state index is 0.375. The van der Waals surface area contributed by atoms with Crippen LogP contribution in [0.1, 0.15) is 226 Å². The summed E-state index contributed by atoms with van der Waals surface area (Å²) in [6, 6.07) is -0.978. The Kier molecular flexibility index (Phi) is 35.6. The molecule has 0 heterocycles. The fourth-order valence-electron chi connectivity index (χ4n) is 6.82. The second-order valence-electron chi connectivity index (χ2n) is 15.5. The predicted octanol–water partition coefficient (Wildman–Crippen LogP) is 10.7. The third-order valence-electron chi connectivity index (χ3n) is 10.2. The fraction of sp³-hybridized carbons (Fsp3) is 0.976. The third kappa shape index (κ3) is 31.3. The molecule has 0 saturated carbocycles. The standard InChI is InChI=1S/C42H85NO5/c1-4-5-6-7-8-9-18-22-25-28-31-34-39(45)41(47)38(36-44)43-42(48)40(46)35-32-29-26-23-20-17-15-13-11-10-12-14-16-19-21-24-27-30-33-37(2)3/h37-41,44-47H,4-36H2,1-3H3,(H,43,48)/t38-,39+,40+,41-/m0/s1. The van der Waals surface area contributed by atoms with Crippen molar-refractivity contribution >= 4 is 5.91 Å². The molecular weight excluding hydrogens is 598 g/mol. The summed E-state index contributed by atoms with van der Waals surface area (Å²) in [6.07, 6.45) is 35.6. The zero-order valence-electron chi connectivity index (χ0n) is 32.4. The lowest BCUT2D eigenvalue weighted by atomic mass is 9.99. The van der Waals surface area contributed by atoms with Crippen LogP contribution < -0.4 is 5.32 Å². The molecule has 0 aromatic carbocycles. The molecule has 0 fully saturated rings. The van der Waals surface area contributed by atoms with Gasteiger partial charge in [0, 0.05) is 0 Å². The quantitative estimate of drug-likeness (QED) is 0.0416. The Morgan fingerprint density at radius 1 is 0.479 bits per heavy atom. The number of nitrogens with one attached hydrogen (secondary N) is 1. The number of carbonyl (C=O) groups is 1. The number of hydrogen-bond acceptors (Lipinski definition) is 5. The molecule has 0 unspecified atom stereocenters. The van der Waals surface area contributed by atoms with Crippen LogP contribution in [0.4, 0.5) is 0 Å². The predicted molar refractivity (Wildman–Crippen MR) is 205 cm³/mol. The molecule has 0 spiro atoms. The van der Waals surface area contributed by atoms with E-state index < -0.39 is 36.9 Å². The van der Waals surface area contributed by atoms with Crippen LogP contribution in [0.5, 0.6) is 0 Å². The maximum atomic E-state index is 12.5. The largest absolute Gasteiger partial charge is 0.394 e. The van der Waals surface area contributed by atoms with E-state index in [1.807, 2.05) is 0 Å². The van der Waals surface area contributed by atoms with Crippen LogP contribution in [0, 0.1) is 5.92 Å². The summed E-state index contributed by atoms with van der Waals surface area (Å²) in [5.41, 5.74) is 0. The summed E-state index contributed by atoms with van der Waals surface area (Å²) in [5, 5.41) is 43.5. The highest BCUT2D eigenvalue weighted by Crippen LogP contribution is 2.17. The van der Waals surface area contributed by atoms with E-state index in [4.69, 9.17) is 0 Å². The Bertz CT molecular complexity index is 660. The van der Waals surface area contributed by atoms with Crippen LogP contribution in [0.15, 0.2) is 0 Å². The number of aliphatic hydroxyl groups excluding tert-OH is 4. The Balaban J connectivity index is 3.67. The van der Waals surface area contributed by atoms with Crippen molar-refractivity contribution in [3.05, 3.63) is 0 Å². The Morgan fingerprint density at radius 3 is 1.12 bits per heavy atom. The summed E-state index contributed by atoms with van der Waals surface area (Å²) >= 11 is 0. The van der Waals surface area contributed by atoms with Gasteiger partial charge in [0.15, 0.2) is 0 Å². The van der Waals surface area contributed by atoms with Gasteiger partial charge in [-0.25, -0.2) is 0 Å². The van der Waals surface area contributed by atoms with Crippen molar-refractivity contribution in [2.24, 2.45) is 5.92 Å². The van der Waals surface area contributed by atoms with Crippen molar-refractivity contribution in [3.8, 4) is 0 Å². The maximum Gasteiger partial charge on any atom is 0.249 e. The van der Waals surface area contributed by atoms with E-state index in [-0.39, 0.29) is 0 Å². The van der Waals surface area contributed by atoms with Crippen LogP contribution in [-0.4, -0.2) is 57.3 Å². The van der Waals surface area contributed by atoms with Gasteiger partial charge in [0.2, 0.25) is 5.91 Å². The van der Waals surface area contributed by atoms with Gasteiger partial charge in [-0.2, -0.15) is 0 Å². The van der Waals surface area contributed by atoms with E-state index in [0.29, 0.717) is 12.8 Å². The van der Waals surface area contributed by atoms with Crippen LogP contribution >= 0.6 is 0 Å². The highest BCUT2D eigenvalue weighted by molar-refractivity contribution is 5.80. The van der Waals surface area contributed by atoms with E-state index >= 15 is 0 Å². The molecule has 4 atom stereocenters. The van der Waals surface area contributed by atoms with Crippen molar-refractivity contribution in [3.63, 3.8) is 0 Å². The summed E-state index contributed by atoms with van der Waals surface area (Å²) < 4.78 is 0. The average Bonchev–Trinajstić information content (AvgIpc) is 3.07. The number of amides is 1. The molecular formula is C42H85NO5. The molecule has 0 aromatic rings. The molecule has 0 bridgehead atoms. The summed E-state index contributed by atoms with van der Waals surface area (Å²) in [5.74, 6) is 0.277. The van der Waals surface area contributed by atoms with Gasteiger partial charge in [0.25, 0.3) is 0 Å². The van der Waals surface area contributed by atoms with Gasteiger partial charge in [-0.15, -0.1) is 0 Å². The first-order valence-corrected chi connectivity index (χ1v) is 21.3. The minimum atomic E-state index is -1.25. The normalized spacial score (nSPS) is 14.3. The first-order valence-electron chi connectivity index (χ1n) is 21.3. The third-order valence-corrected chi connectivity index (χ3v) is 10.2. The van der Waals surface area contributed by atoms with E-state index in [2.05, 4.69) is 26.1 Å². The van der Waals surface area contributed by atoms with Crippen LogP contribution in [0.3, 0.4) is 0 Å². The van der Waals surface area contributed by atoms with Gasteiger partial charge in [0.1, 0.15) is 12.2 Å². The average molecular weight is 684 g/mol. The zero-order valence-corrected chi connectivity index (χ0v) is 32.4. The fourth-order valence-corrected chi connectivity index (χ4v) is 6.82. The van der Waals surface area contributed by atoms with Crippen molar-refractivity contribution in [2.75, 3.05) is 6.61 Å². The summed E-state index contributed by atoms with van der Waals surface area (Å²) in [7, 11) is 0. The van der Waals surface area contributed by atoms with Gasteiger partial charge >= 0.3 is 0 Å². The summed E-state index contributed by atoms with van der Waals surface area (Å²) in [4.78, 5) is 12.5. The highest BCUT2D eigenvalue weighted by Gasteiger charge is 2.28. The van der Waals surface area contributed by atoms with Gasteiger partial charge in [-0.3, -0.25) is 4.79 Å². The van der Waals surface area contributed by atoms with E-state index in [1.165, 1.54) is 154 Å². The number of hydrogen-bond donors (Lipinski definition) is 5. The van der Waals surface area contributed by atoms with Crippen molar-refractivity contribution < 1.29 is 25.2 Å². The van der Waals surface area contributed by atoms with Crippen molar-refractivity contribution in [2.45, 2.75) is 251 Å². The SMILES string of the molecule is CCCCCCCCCCCCC[C@@H](O)[C@@H](O)[C@H](CO)NC(=O)[C@H](O)CCCCCCCCCCCCCCCCCCCCC(C)C. The summed E-state index contributed by atoms with van der Waals surface area (Å²) in [6.45, 7) is 6.41. The highest BCUT2D eigenvalue weighted by atomic mass is 16.3. The van der Waals surface area contributed by atoms with E-state index in [9.17, 15) is 25.2 Å². The number of aliphatic hydroxyl groups is 4. The number of rotatable bonds is 38. The lowest BCUT2D eigenvalue weighted by molar-refractivity contribution is -0.132. The van der Waals surface area contributed by atoms with Gasteiger partial charge in [-0.1, -0.05) is 213 Å². The number of carbonyl (C=O) groups excluding carboxylic acids is 1. The van der Waals surface area contributed by atoms with Crippen molar-refractivity contribution in [1.29, 1.82) is 0 Å². The van der Waals surface area contributed by atoms with E-state index in [0.717, 1.165) is 44.4 Å². The molecule has 0 aliphatic rings. The molecule has 0 radical (unpaired) electrons. The molecule has 288 valence electrons. The van der Waals surface area contributed by atoms with Crippen LogP contribution in [0.25, 0.3) is 0 Å². The van der Waals surface area contributed by atoms with E-state index in [1.54, 1.807) is 0 Å². The number of unbranched alkanes of at least 4 members (excludes halogenated alkanes) is 27. The van der Waals surface area contributed by atoms with Crippen LogP contribution in [0.2, 0.25) is 0 Å². The van der Waals surface area contributed by atoms with Crippen molar-refractivity contribution in [1.82, 2.24) is 5.32 Å². The molecule has 6 nitrogen and oxygen atoms in total. The molecule has 5 N–H and O–H groups in total. The van der Waals surface area contributed by atoms with Gasteiger partial charge in [0.05, 0.1) is 18.8 Å². The lowest BCUT2D eigenvalue weighted by Crippen LogP contribution is -2.53. The Morgan fingerprint density at radius 2 is 0.792 bits per heavy atom. The van der Waals surface area contributed by atoms with Gasteiger partial charge < -0.3 is 25.7 Å². The molecule has 0 aliphatic carbocycles. The topological polar surface area (TPSA) is 110 Å². The van der Waals surface area contributed by atoms with Gasteiger partial charge in [-0.05, 0) is 18.8 Å². The molecule has 48 heavy (non-hydrogen) atoms. The minimum Gasteiger partial charge on any atom is -0.394 e. The maximum absolute atomic E-state index is 12.5. The second kappa shape index (κ2) is 36.1. The Labute approximate surface area is 299 Å². The molecule has 1 amide bonds. The molecule has 6 heteroatoms. The monoisotopic (exact) mass is 684 g/mol. The first kappa shape index (κ1) is 47.3. The second-order valence-corrected chi connectivity index (χ2v) is 15.5. The molecule has 0 aliphatic heterocycles. The Hall–Kier alpha value is -0.690. The zero-order chi connectivity index (χ0) is 35.5. The first-order chi connectivity index (χ1) is 23.3. The molecule has 0 saturated heterocycles. The van der Waals surface area contributed by atoms with Crippen LogP contribution in [-0.2, 0) is 4.79 Å². The molecule has 0 aromatic heterocycles.